The third-order valence-electron chi connectivity index (χ3n) is 9.36. The number of nitrogens with zero attached hydrogens (tertiary/aromatic N) is 9. The van der Waals surface area contributed by atoms with Crippen LogP contribution in [0.2, 0.25) is 0 Å². The molecule has 0 atom stereocenters. The number of urea groups is 1. The van der Waals surface area contributed by atoms with Gasteiger partial charge in [0.2, 0.25) is 11.9 Å². The predicted molar refractivity (Wildman–Crippen MR) is 179 cm³/mol. The Bertz CT molecular complexity index is 1950. The third-order valence-corrected chi connectivity index (χ3v) is 9.36. The SMILES string of the molecule is CC(=O)c1c(C)c2cnc(Nc3ccc(N4CCN(Cc5cncc(N6CCC(=O)NC6=O)n5)CC4)cn3)nc2n(C2CCCC2)c1=O. The van der Waals surface area contributed by atoms with Crippen molar-refractivity contribution in [2.24, 2.45) is 0 Å². The van der Waals surface area contributed by atoms with Gasteiger partial charge in [0.1, 0.15) is 11.5 Å². The van der Waals surface area contributed by atoms with E-state index in [4.69, 9.17) is 4.98 Å². The van der Waals surface area contributed by atoms with Crippen LogP contribution in [0.5, 0.6) is 0 Å². The molecule has 0 unspecified atom stereocenters. The van der Waals surface area contributed by atoms with Gasteiger partial charge in [-0.3, -0.25) is 39.1 Å². The summed E-state index contributed by atoms with van der Waals surface area (Å²) in [5, 5.41) is 6.21. The first-order valence-corrected chi connectivity index (χ1v) is 16.3. The molecule has 4 aromatic heterocycles. The van der Waals surface area contributed by atoms with Crippen molar-refractivity contribution in [1.29, 1.82) is 0 Å². The van der Waals surface area contributed by atoms with Crippen molar-refractivity contribution >= 4 is 52.0 Å². The quantitative estimate of drug-likeness (QED) is 0.267. The van der Waals surface area contributed by atoms with Crippen LogP contribution in [0.4, 0.5) is 28.1 Å². The number of piperazine rings is 1. The van der Waals surface area contributed by atoms with Gasteiger partial charge >= 0.3 is 6.03 Å². The standard InChI is InChI=1S/C33H37N11O4/c1-20-25-17-36-32(40-30(25)44(23-5-3-4-6-23)31(47)29(20)21(2)45)38-26-8-7-24(16-35-26)42-13-11-41(12-14-42)19-22-15-34-18-27(37-22)43-10-9-28(46)39-33(43)48/h7-8,15-18,23H,3-6,9-14,19H2,1-2H3,(H,39,46,48)(H,35,36,38,40). The Hall–Kier alpha value is -5.31. The van der Waals surface area contributed by atoms with Gasteiger partial charge in [-0.05, 0) is 44.4 Å². The summed E-state index contributed by atoms with van der Waals surface area (Å²) in [5.74, 6) is 0.813. The number of pyridine rings is 2. The molecule has 7 rings (SSSR count). The van der Waals surface area contributed by atoms with E-state index in [2.05, 4.69) is 40.4 Å². The molecule has 0 bridgehead atoms. The molecule has 15 heteroatoms. The fourth-order valence-electron chi connectivity index (χ4n) is 6.85. The van der Waals surface area contributed by atoms with Crippen LogP contribution in [-0.2, 0) is 11.3 Å². The zero-order valence-corrected chi connectivity index (χ0v) is 27.0. The first kappa shape index (κ1) is 31.3. The predicted octanol–water partition coefficient (Wildman–Crippen LogP) is 3.11. The van der Waals surface area contributed by atoms with Gasteiger partial charge < -0.3 is 10.2 Å². The average Bonchev–Trinajstić information content (AvgIpc) is 3.60. The first-order chi connectivity index (χ1) is 23.2. The van der Waals surface area contributed by atoms with E-state index in [1.165, 1.54) is 18.0 Å². The first-order valence-electron chi connectivity index (χ1n) is 16.3. The highest BCUT2D eigenvalue weighted by Gasteiger charge is 2.27. The van der Waals surface area contributed by atoms with E-state index < -0.39 is 6.03 Å². The number of aryl methyl sites for hydroxylation is 1. The van der Waals surface area contributed by atoms with Crippen molar-refractivity contribution in [3.8, 4) is 0 Å². The molecule has 48 heavy (non-hydrogen) atoms. The van der Waals surface area contributed by atoms with Crippen molar-refractivity contribution in [2.75, 3.05) is 47.8 Å². The summed E-state index contributed by atoms with van der Waals surface area (Å²) in [5.41, 5.74) is 2.83. The number of fused-ring (bicyclic) bond motifs is 1. The van der Waals surface area contributed by atoms with E-state index in [1.807, 2.05) is 18.3 Å². The van der Waals surface area contributed by atoms with Crippen LogP contribution in [0, 0.1) is 6.92 Å². The Morgan fingerprint density at radius 2 is 1.75 bits per heavy atom. The minimum Gasteiger partial charge on any atom is -0.368 e. The number of imide groups is 1. The van der Waals surface area contributed by atoms with Crippen LogP contribution in [0.1, 0.15) is 66.7 Å². The normalized spacial score (nSPS) is 17.6. The van der Waals surface area contributed by atoms with E-state index in [0.717, 1.165) is 63.2 Å². The van der Waals surface area contributed by atoms with E-state index in [-0.39, 0.29) is 41.8 Å². The summed E-state index contributed by atoms with van der Waals surface area (Å²) in [6, 6.07) is 3.42. The van der Waals surface area contributed by atoms with Crippen LogP contribution in [0.25, 0.3) is 11.0 Å². The fraction of sp³-hybridized carbons (Fsp3) is 0.424. The van der Waals surface area contributed by atoms with E-state index >= 15 is 0 Å². The summed E-state index contributed by atoms with van der Waals surface area (Å²) in [6.07, 6.45) is 10.8. The highest BCUT2D eigenvalue weighted by Crippen LogP contribution is 2.32. The van der Waals surface area contributed by atoms with Gasteiger partial charge in [-0.25, -0.2) is 19.7 Å². The van der Waals surface area contributed by atoms with Crippen LogP contribution >= 0.6 is 0 Å². The summed E-state index contributed by atoms with van der Waals surface area (Å²) < 4.78 is 1.70. The van der Waals surface area contributed by atoms with Crippen LogP contribution in [0.3, 0.4) is 0 Å². The van der Waals surface area contributed by atoms with Crippen LogP contribution in [0.15, 0.2) is 41.7 Å². The van der Waals surface area contributed by atoms with Gasteiger partial charge in [0.05, 0.1) is 29.3 Å². The maximum Gasteiger partial charge on any atom is 0.329 e. The van der Waals surface area contributed by atoms with Gasteiger partial charge in [0.15, 0.2) is 11.6 Å². The molecule has 4 aromatic rings. The lowest BCUT2D eigenvalue weighted by Gasteiger charge is -2.35. The maximum atomic E-state index is 13.5. The zero-order chi connectivity index (χ0) is 33.4. The monoisotopic (exact) mass is 651 g/mol. The molecule has 0 spiro atoms. The third kappa shape index (κ3) is 6.20. The number of rotatable bonds is 8. The smallest absolute Gasteiger partial charge is 0.329 e. The summed E-state index contributed by atoms with van der Waals surface area (Å²) in [4.78, 5) is 78.4. The zero-order valence-electron chi connectivity index (χ0n) is 27.0. The number of Topliss-reactive ketones (excluding diaryl/α,β-unsaturated/α-hetero) is 1. The number of ketones is 1. The minimum atomic E-state index is -0.476. The highest BCUT2D eigenvalue weighted by atomic mass is 16.2. The number of carbonyl (C=O) groups excluding carboxylic acids is 3. The molecule has 6 heterocycles. The Labute approximate surface area is 276 Å². The molecule has 2 saturated heterocycles. The van der Waals surface area contributed by atoms with Gasteiger partial charge in [-0.2, -0.15) is 4.98 Å². The molecule has 15 nitrogen and oxygen atoms in total. The molecular formula is C33H37N11O4. The van der Waals surface area contributed by atoms with Gasteiger partial charge in [0.25, 0.3) is 5.56 Å². The largest absolute Gasteiger partial charge is 0.368 e. The molecule has 2 N–H and O–H groups in total. The molecule has 0 radical (unpaired) electrons. The second-order valence-electron chi connectivity index (χ2n) is 12.5. The Balaban J connectivity index is 1.00. The molecule has 2 aliphatic heterocycles. The molecule has 1 saturated carbocycles. The van der Waals surface area contributed by atoms with Crippen molar-refractivity contribution in [1.82, 2.24) is 39.7 Å². The average molecular weight is 652 g/mol. The van der Waals surface area contributed by atoms with Crippen molar-refractivity contribution in [2.45, 2.75) is 58.5 Å². The highest BCUT2D eigenvalue weighted by molar-refractivity contribution is 6.05. The Morgan fingerprint density at radius 1 is 0.958 bits per heavy atom. The number of nitrogens with one attached hydrogen (secondary N) is 2. The van der Waals surface area contributed by atoms with Gasteiger partial charge in [-0.15, -0.1) is 0 Å². The Kier molecular flexibility index (Phi) is 8.52. The minimum absolute atomic E-state index is 0.00765. The van der Waals surface area contributed by atoms with E-state index in [0.29, 0.717) is 40.7 Å². The van der Waals surface area contributed by atoms with Gasteiger partial charge in [0, 0.05) is 69.5 Å². The number of anilines is 4. The number of hydrogen-bond donors (Lipinski definition) is 2. The number of carbonyl (C=O) groups is 3. The fourth-order valence-corrected chi connectivity index (χ4v) is 6.85. The summed E-state index contributed by atoms with van der Waals surface area (Å²) >= 11 is 0. The number of amides is 3. The lowest BCUT2D eigenvalue weighted by atomic mass is 10.0. The van der Waals surface area contributed by atoms with Crippen LogP contribution in [-0.4, -0.2) is 84.8 Å². The summed E-state index contributed by atoms with van der Waals surface area (Å²) in [6.45, 7) is 7.31. The van der Waals surface area contributed by atoms with Crippen LogP contribution < -0.4 is 26.0 Å². The molecule has 3 aliphatic rings. The molecule has 248 valence electrons. The maximum absolute atomic E-state index is 13.5. The van der Waals surface area contributed by atoms with E-state index in [9.17, 15) is 19.2 Å². The topological polar surface area (TPSA) is 171 Å². The second-order valence-corrected chi connectivity index (χ2v) is 12.5. The second kappa shape index (κ2) is 13.1. The van der Waals surface area contributed by atoms with E-state index in [1.54, 1.807) is 23.9 Å². The molecule has 3 amide bonds. The molecule has 1 aliphatic carbocycles. The van der Waals surface area contributed by atoms with Crippen molar-refractivity contribution in [3.05, 3.63) is 64.1 Å². The molecular weight excluding hydrogens is 614 g/mol. The lowest BCUT2D eigenvalue weighted by molar-refractivity contribution is -0.120. The summed E-state index contributed by atoms with van der Waals surface area (Å²) in [7, 11) is 0. The number of hydrogen-bond acceptors (Lipinski definition) is 12. The molecule has 3 fully saturated rings. The molecule has 0 aromatic carbocycles. The van der Waals surface area contributed by atoms with Gasteiger partial charge in [-0.1, -0.05) is 12.8 Å². The lowest BCUT2D eigenvalue weighted by Crippen LogP contribution is -2.50. The Morgan fingerprint density at radius 3 is 2.46 bits per heavy atom. The number of aromatic nitrogens is 6. The van der Waals surface area contributed by atoms with Crippen molar-refractivity contribution < 1.29 is 14.4 Å². The van der Waals surface area contributed by atoms with Crippen molar-refractivity contribution in [3.63, 3.8) is 0 Å².